The Morgan fingerprint density at radius 1 is 1.00 bits per heavy atom. The van der Waals surface area contributed by atoms with Crippen LogP contribution in [0.15, 0.2) is 18.2 Å². The minimum Gasteiger partial charge on any atom is -0.478 e. The van der Waals surface area contributed by atoms with Crippen LogP contribution in [0.4, 0.5) is 26.3 Å². The molecule has 1 aromatic carbocycles. The Kier molecular flexibility index (Phi) is 4.84. The molecule has 1 aromatic rings. The zero-order valence-electron chi connectivity index (χ0n) is 8.16. The standard InChI is InChI=1S/C9H4F6O2.Cu/c10-8(11,12)5-3-1-2-4(7(16)17)6(5)9(13,14)15;/h1-3H,(H,16,17);. The van der Waals surface area contributed by atoms with E-state index in [1.54, 1.807) is 0 Å². The fourth-order valence-electron chi connectivity index (χ4n) is 1.27. The maximum absolute atomic E-state index is 12.4. The number of carboxylic acid groups (broad SMARTS) is 1. The molecule has 2 nitrogen and oxygen atoms in total. The van der Waals surface area contributed by atoms with Gasteiger partial charge in [0, 0.05) is 17.1 Å². The Hall–Kier alpha value is -1.21. The average molecular weight is 322 g/mol. The van der Waals surface area contributed by atoms with Crippen molar-refractivity contribution in [1.29, 1.82) is 0 Å². The molecule has 0 saturated heterocycles. The number of carbonyl (C=O) groups is 1. The van der Waals surface area contributed by atoms with Gasteiger partial charge < -0.3 is 5.11 Å². The first-order valence-electron chi connectivity index (χ1n) is 4.06. The Morgan fingerprint density at radius 3 is 1.83 bits per heavy atom. The number of alkyl halides is 6. The normalized spacial score (nSPS) is 11.9. The van der Waals surface area contributed by atoms with E-state index in [9.17, 15) is 31.1 Å². The monoisotopic (exact) mass is 321 g/mol. The maximum atomic E-state index is 12.4. The van der Waals surface area contributed by atoms with Crippen molar-refractivity contribution >= 4 is 5.97 Å². The zero-order valence-corrected chi connectivity index (χ0v) is 9.10. The summed E-state index contributed by atoms with van der Waals surface area (Å²) in [6, 6.07) is 1.27. The molecule has 0 amide bonds. The van der Waals surface area contributed by atoms with E-state index in [4.69, 9.17) is 5.11 Å². The molecule has 0 fully saturated rings. The third-order valence-electron chi connectivity index (χ3n) is 1.88. The summed E-state index contributed by atoms with van der Waals surface area (Å²) in [6.45, 7) is 0. The molecule has 105 valence electrons. The second-order valence-electron chi connectivity index (χ2n) is 3.03. The predicted octanol–water partition coefficient (Wildman–Crippen LogP) is 3.42. The maximum Gasteiger partial charge on any atom is 0.417 e. The van der Waals surface area contributed by atoms with Gasteiger partial charge in [-0.25, -0.2) is 4.79 Å². The van der Waals surface area contributed by atoms with Crippen LogP contribution in [0.2, 0.25) is 0 Å². The molecule has 1 radical (unpaired) electrons. The Bertz CT molecular complexity index is 451. The van der Waals surface area contributed by atoms with Gasteiger partial charge in [-0.05, 0) is 12.1 Å². The van der Waals surface area contributed by atoms with Crippen LogP contribution in [0, 0.1) is 0 Å². The smallest absolute Gasteiger partial charge is 0.417 e. The van der Waals surface area contributed by atoms with E-state index in [0.29, 0.717) is 12.1 Å². The fraction of sp³-hybridized carbons (Fsp3) is 0.222. The van der Waals surface area contributed by atoms with Crippen molar-refractivity contribution < 1.29 is 53.3 Å². The van der Waals surface area contributed by atoms with E-state index in [-0.39, 0.29) is 23.1 Å². The summed E-state index contributed by atoms with van der Waals surface area (Å²) in [5, 5.41) is 8.45. The van der Waals surface area contributed by atoms with Crippen LogP contribution >= 0.6 is 0 Å². The van der Waals surface area contributed by atoms with Gasteiger partial charge in [0.2, 0.25) is 0 Å². The van der Waals surface area contributed by atoms with Crippen molar-refractivity contribution in [1.82, 2.24) is 0 Å². The second-order valence-corrected chi connectivity index (χ2v) is 3.03. The van der Waals surface area contributed by atoms with Gasteiger partial charge in [-0.15, -0.1) is 0 Å². The molecule has 0 unspecified atom stereocenters. The zero-order chi connectivity index (χ0) is 13.4. The van der Waals surface area contributed by atoms with Crippen LogP contribution in [0.5, 0.6) is 0 Å². The molecule has 1 rings (SSSR count). The van der Waals surface area contributed by atoms with Gasteiger partial charge in [-0.2, -0.15) is 26.3 Å². The molecule has 0 aliphatic rings. The third-order valence-corrected chi connectivity index (χ3v) is 1.88. The molecular formula is C9H4CuF6O2. The molecule has 18 heavy (non-hydrogen) atoms. The molecule has 0 spiro atoms. The summed E-state index contributed by atoms with van der Waals surface area (Å²) in [7, 11) is 0. The van der Waals surface area contributed by atoms with E-state index in [1.165, 1.54) is 0 Å². The van der Waals surface area contributed by atoms with E-state index in [1.807, 2.05) is 0 Å². The van der Waals surface area contributed by atoms with Gasteiger partial charge in [-0.1, -0.05) is 6.07 Å². The molecule has 0 aliphatic carbocycles. The van der Waals surface area contributed by atoms with Gasteiger partial charge in [-0.3, -0.25) is 0 Å². The van der Waals surface area contributed by atoms with Crippen molar-refractivity contribution in [2.24, 2.45) is 0 Å². The van der Waals surface area contributed by atoms with Crippen LogP contribution in [0.1, 0.15) is 21.5 Å². The minimum atomic E-state index is -5.39. The van der Waals surface area contributed by atoms with Crippen LogP contribution in [-0.4, -0.2) is 11.1 Å². The van der Waals surface area contributed by atoms with Gasteiger partial charge in [0.15, 0.2) is 0 Å². The SMILES string of the molecule is O=C(O)c1cccc(C(F)(F)F)c1C(F)(F)F.[Cu]. The number of benzene rings is 1. The molecule has 0 atom stereocenters. The molecule has 9 heteroatoms. The molecule has 0 bridgehead atoms. The number of hydrogen-bond donors (Lipinski definition) is 1. The van der Waals surface area contributed by atoms with Crippen molar-refractivity contribution in [3.63, 3.8) is 0 Å². The summed E-state index contributed by atoms with van der Waals surface area (Å²) < 4.78 is 74.3. The largest absolute Gasteiger partial charge is 0.478 e. The number of hydrogen-bond acceptors (Lipinski definition) is 1. The summed E-state index contributed by atoms with van der Waals surface area (Å²) in [5.74, 6) is -2.07. The van der Waals surface area contributed by atoms with Crippen molar-refractivity contribution in [2.45, 2.75) is 12.4 Å². The number of carboxylic acids is 1. The van der Waals surface area contributed by atoms with Gasteiger partial charge in [0.1, 0.15) is 0 Å². The number of aromatic carboxylic acids is 1. The molecule has 0 aromatic heterocycles. The number of halogens is 6. The van der Waals surface area contributed by atoms with Crippen LogP contribution < -0.4 is 0 Å². The second kappa shape index (κ2) is 5.19. The summed E-state index contributed by atoms with van der Waals surface area (Å²) in [6.07, 6.45) is -10.7. The molecule has 1 N–H and O–H groups in total. The Balaban J connectivity index is 0.00000289. The van der Waals surface area contributed by atoms with E-state index < -0.39 is 35.0 Å². The van der Waals surface area contributed by atoms with Crippen molar-refractivity contribution in [3.05, 3.63) is 34.9 Å². The Labute approximate surface area is 107 Å². The van der Waals surface area contributed by atoms with Gasteiger partial charge in [0.05, 0.1) is 16.7 Å². The van der Waals surface area contributed by atoms with E-state index >= 15 is 0 Å². The summed E-state index contributed by atoms with van der Waals surface area (Å²) in [4.78, 5) is 10.5. The number of rotatable bonds is 1. The van der Waals surface area contributed by atoms with Gasteiger partial charge >= 0.3 is 18.3 Å². The van der Waals surface area contributed by atoms with Crippen LogP contribution in [-0.2, 0) is 29.4 Å². The average Bonchev–Trinajstić information content (AvgIpc) is 2.13. The molecular weight excluding hydrogens is 318 g/mol. The predicted molar refractivity (Wildman–Crippen MR) is 43.4 cm³/mol. The van der Waals surface area contributed by atoms with E-state index in [2.05, 4.69) is 0 Å². The topological polar surface area (TPSA) is 37.3 Å². The first-order valence-corrected chi connectivity index (χ1v) is 4.06. The molecule has 0 heterocycles. The molecule has 0 aliphatic heterocycles. The van der Waals surface area contributed by atoms with E-state index in [0.717, 1.165) is 0 Å². The van der Waals surface area contributed by atoms with Crippen LogP contribution in [0.3, 0.4) is 0 Å². The fourth-order valence-corrected chi connectivity index (χ4v) is 1.27. The minimum absolute atomic E-state index is 0. The first-order chi connectivity index (χ1) is 7.55. The van der Waals surface area contributed by atoms with Crippen molar-refractivity contribution in [3.8, 4) is 0 Å². The first kappa shape index (κ1) is 16.8. The van der Waals surface area contributed by atoms with Crippen LogP contribution in [0.25, 0.3) is 0 Å². The van der Waals surface area contributed by atoms with Gasteiger partial charge in [0.25, 0.3) is 0 Å². The Morgan fingerprint density at radius 2 is 1.50 bits per heavy atom. The summed E-state index contributed by atoms with van der Waals surface area (Å²) >= 11 is 0. The third kappa shape index (κ3) is 3.39. The summed E-state index contributed by atoms with van der Waals surface area (Å²) in [5.41, 5.74) is -5.61. The van der Waals surface area contributed by atoms with Crippen molar-refractivity contribution in [2.75, 3.05) is 0 Å². The quantitative estimate of drug-likeness (QED) is 0.635. The molecule has 0 saturated carbocycles.